The first-order valence-electron chi connectivity index (χ1n) is 6.18. The summed E-state index contributed by atoms with van der Waals surface area (Å²) in [5.41, 5.74) is 3.11. The van der Waals surface area contributed by atoms with Crippen molar-refractivity contribution in [1.29, 1.82) is 0 Å². The average molecular weight is 303 g/mol. The lowest BCUT2D eigenvalue weighted by Gasteiger charge is -2.19. The van der Waals surface area contributed by atoms with E-state index in [4.69, 9.17) is 9.29 Å². The Morgan fingerprint density at radius 3 is 2.45 bits per heavy atom. The quantitative estimate of drug-likeness (QED) is 0.768. The molecule has 0 aliphatic heterocycles. The van der Waals surface area contributed by atoms with Gasteiger partial charge in [0.25, 0.3) is 0 Å². The third-order valence-corrected chi connectivity index (χ3v) is 3.99. The Balaban J connectivity index is 2.64. The topological polar surface area (TPSA) is 87.1 Å². The Bertz CT molecular complexity index is 570. The second-order valence-electron chi connectivity index (χ2n) is 4.93. The van der Waals surface area contributed by atoms with E-state index in [9.17, 15) is 13.5 Å². The van der Waals surface area contributed by atoms with Crippen molar-refractivity contribution < 1.29 is 22.8 Å². The summed E-state index contributed by atoms with van der Waals surface area (Å²) in [6, 6.07) is 3.90. The van der Waals surface area contributed by atoms with Crippen molar-refractivity contribution in [3.05, 3.63) is 28.8 Å². The molecule has 0 spiro atoms. The molecule has 1 atom stereocenters. The van der Waals surface area contributed by atoms with E-state index in [1.807, 2.05) is 32.9 Å². The molecule has 0 radical (unpaired) electrons. The highest BCUT2D eigenvalue weighted by molar-refractivity contribution is 7.83. The maximum absolute atomic E-state index is 10.8. The van der Waals surface area contributed by atoms with Gasteiger partial charge in [-0.2, -0.15) is 12.7 Å². The van der Waals surface area contributed by atoms with Crippen molar-refractivity contribution in [2.45, 2.75) is 26.9 Å². The van der Waals surface area contributed by atoms with Gasteiger partial charge >= 0.3 is 10.3 Å². The highest BCUT2D eigenvalue weighted by Crippen LogP contribution is 2.23. The number of aliphatic hydroxyl groups excluding tert-OH is 1. The number of hydrogen-bond acceptors (Lipinski definition) is 4. The molecule has 1 rings (SSSR count). The molecular weight excluding hydrogens is 282 g/mol. The highest BCUT2D eigenvalue weighted by atomic mass is 32.2. The molecule has 20 heavy (non-hydrogen) atoms. The fourth-order valence-corrected chi connectivity index (χ4v) is 2.14. The van der Waals surface area contributed by atoms with Gasteiger partial charge < -0.3 is 9.84 Å². The van der Waals surface area contributed by atoms with E-state index in [2.05, 4.69) is 0 Å². The maximum Gasteiger partial charge on any atom is 0.335 e. The summed E-state index contributed by atoms with van der Waals surface area (Å²) in [4.78, 5) is 0. The van der Waals surface area contributed by atoms with Gasteiger partial charge in [0.15, 0.2) is 0 Å². The SMILES string of the molecule is Cc1cc(C)c(C)c(OC[C@@H](O)CN(C)S(=O)(=O)O)c1. The van der Waals surface area contributed by atoms with Gasteiger partial charge in [-0.1, -0.05) is 6.07 Å². The molecule has 0 aromatic heterocycles. The van der Waals surface area contributed by atoms with Crippen LogP contribution in [0.1, 0.15) is 16.7 Å². The average Bonchev–Trinajstić information content (AvgIpc) is 2.30. The molecule has 0 aliphatic carbocycles. The van der Waals surface area contributed by atoms with Crippen molar-refractivity contribution in [3.63, 3.8) is 0 Å². The lowest BCUT2D eigenvalue weighted by Crippen LogP contribution is -2.36. The van der Waals surface area contributed by atoms with E-state index in [0.717, 1.165) is 16.7 Å². The second kappa shape index (κ2) is 6.53. The molecule has 7 heteroatoms. The lowest BCUT2D eigenvalue weighted by atomic mass is 10.1. The van der Waals surface area contributed by atoms with Crippen molar-refractivity contribution in [3.8, 4) is 5.75 Å². The smallest absolute Gasteiger partial charge is 0.335 e. The molecule has 0 saturated carbocycles. The van der Waals surface area contributed by atoms with Crippen LogP contribution in [0.4, 0.5) is 0 Å². The molecule has 0 heterocycles. The van der Waals surface area contributed by atoms with E-state index in [0.29, 0.717) is 10.1 Å². The molecule has 0 saturated heterocycles. The predicted octanol–water partition coefficient (Wildman–Crippen LogP) is 1.09. The second-order valence-corrected chi connectivity index (χ2v) is 6.45. The first kappa shape index (κ1) is 16.9. The third-order valence-electron chi connectivity index (χ3n) is 3.06. The molecule has 114 valence electrons. The van der Waals surface area contributed by atoms with Crippen LogP contribution in [0, 0.1) is 20.8 Å². The van der Waals surface area contributed by atoms with Gasteiger partial charge in [-0.15, -0.1) is 0 Å². The number of likely N-dealkylation sites (N-methyl/N-ethyl adjacent to an activating group) is 1. The molecule has 0 aliphatic rings. The summed E-state index contributed by atoms with van der Waals surface area (Å²) in [5.74, 6) is 0.663. The van der Waals surface area contributed by atoms with Crippen LogP contribution in [0.25, 0.3) is 0 Å². The molecule has 0 amide bonds. The van der Waals surface area contributed by atoms with E-state index < -0.39 is 16.4 Å². The first-order chi connectivity index (χ1) is 9.11. The molecular formula is C13H21NO5S. The van der Waals surface area contributed by atoms with E-state index in [-0.39, 0.29) is 13.2 Å². The van der Waals surface area contributed by atoms with Crippen LogP contribution in [0.15, 0.2) is 12.1 Å². The van der Waals surface area contributed by atoms with E-state index in [1.54, 1.807) is 0 Å². The zero-order chi connectivity index (χ0) is 15.5. The fraction of sp³-hybridized carbons (Fsp3) is 0.538. The minimum atomic E-state index is -4.28. The minimum absolute atomic E-state index is 0.0520. The number of ether oxygens (including phenoxy) is 1. The standard InChI is InChI=1S/C13H21NO5S/c1-9-5-10(2)11(3)13(6-9)19-8-12(15)7-14(4)20(16,17)18/h5-6,12,15H,7-8H2,1-4H3,(H,16,17,18)/t12-/m0/s1. The van der Waals surface area contributed by atoms with Crippen LogP contribution in [-0.2, 0) is 10.3 Å². The monoisotopic (exact) mass is 303 g/mol. The third kappa shape index (κ3) is 4.75. The van der Waals surface area contributed by atoms with Gasteiger partial charge in [-0.25, -0.2) is 0 Å². The number of hydrogen-bond donors (Lipinski definition) is 2. The van der Waals surface area contributed by atoms with Crippen LogP contribution in [-0.4, -0.2) is 48.7 Å². The number of nitrogens with zero attached hydrogens (tertiary/aromatic N) is 1. The summed E-state index contributed by atoms with van der Waals surface area (Å²) in [6.07, 6.45) is -1.03. The Kier molecular flexibility index (Phi) is 5.52. The van der Waals surface area contributed by atoms with Crippen molar-refractivity contribution in [1.82, 2.24) is 4.31 Å². The van der Waals surface area contributed by atoms with Crippen molar-refractivity contribution in [2.24, 2.45) is 0 Å². The number of benzene rings is 1. The van der Waals surface area contributed by atoms with Crippen LogP contribution >= 0.6 is 0 Å². The summed E-state index contributed by atoms with van der Waals surface area (Å²) in [5, 5.41) is 9.73. The zero-order valence-electron chi connectivity index (χ0n) is 12.1. The van der Waals surface area contributed by atoms with Crippen LogP contribution < -0.4 is 4.74 Å². The number of aryl methyl sites for hydroxylation is 2. The Morgan fingerprint density at radius 1 is 1.30 bits per heavy atom. The molecule has 2 N–H and O–H groups in total. The highest BCUT2D eigenvalue weighted by Gasteiger charge is 2.18. The molecule has 0 unspecified atom stereocenters. The summed E-state index contributed by atoms with van der Waals surface area (Å²) >= 11 is 0. The number of rotatable bonds is 6. The largest absolute Gasteiger partial charge is 0.491 e. The van der Waals surface area contributed by atoms with Crippen LogP contribution in [0.3, 0.4) is 0 Å². The Morgan fingerprint density at radius 2 is 1.90 bits per heavy atom. The molecule has 1 aromatic carbocycles. The summed E-state index contributed by atoms with van der Waals surface area (Å²) < 4.78 is 36.6. The minimum Gasteiger partial charge on any atom is -0.491 e. The van der Waals surface area contributed by atoms with Crippen LogP contribution in [0.2, 0.25) is 0 Å². The van der Waals surface area contributed by atoms with Gasteiger partial charge in [0, 0.05) is 13.6 Å². The van der Waals surface area contributed by atoms with Crippen LogP contribution in [0.5, 0.6) is 5.75 Å². The summed E-state index contributed by atoms with van der Waals surface area (Å²) in [7, 11) is -3.10. The van der Waals surface area contributed by atoms with Gasteiger partial charge in [0.05, 0.1) is 0 Å². The Hall–Kier alpha value is -1.15. The van der Waals surface area contributed by atoms with E-state index >= 15 is 0 Å². The molecule has 0 bridgehead atoms. The number of aliphatic hydroxyl groups is 1. The predicted molar refractivity (Wildman–Crippen MR) is 76.3 cm³/mol. The van der Waals surface area contributed by atoms with Gasteiger partial charge in [-0.3, -0.25) is 4.55 Å². The fourth-order valence-electron chi connectivity index (χ4n) is 1.78. The lowest BCUT2D eigenvalue weighted by molar-refractivity contribution is 0.0914. The molecule has 1 aromatic rings. The van der Waals surface area contributed by atoms with Gasteiger partial charge in [-0.05, 0) is 43.5 Å². The van der Waals surface area contributed by atoms with Crippen molar-refractivity contribution in [2.75, 3.05) is 20.2 Å². The van der Waals surface area contributed by atoms with Gasteiger partial charge in [0.2, 0.25) is 0 Å². The zero-order valence-corrected chi connectivity index (χ0v) is 12.9. The van der Waals surface area contributed by atoms with E-state index in [1.165, 1.54) is 7.05 Å². The molecule has 0 fully saturated rings. The molecule has 6 nitrogen and oxygen atoms in total. The summed E-state index contributed by atoms with van der Waals surface area (Å²) in [6.45, 7) is 5.55. The first-order valence-corrected chi connectivity index (χ1v) is 7.58. The Labute approximate surface area is 119 Å². The van der Waals surface area contributed by atoms with Crippen molar-refractivity contribution >= 4 is 10.3 Å². The maximum atomic E-state index is 10.8. The normalized spacial score (nSPS) is 13.6. The van der Waals surface area contributed by atoms with Gasteiger partial charge in [0.1, 0.15) is 18.5 Å².